The second kappa shape index (κ2) is 6.78. The van der Waals surface area contributed by atoms with Crippen molar-refractivity contribution >= 4 is 12.1 Å². The van der Waals surface area contributed by atoms with E-state index in [1.54, 1.807) is 20.8 Å². The number of aliphatic carboxylic acids is 1. The molecule has 6 heteroatoms. The van der Waals surface area contributed by atoms with Crippen LogP contribution in [-0.4, -0.2) is 29.7 Å². The topological polar surface area (TPSA) is 82.8 Å². The maximum Gasteiger partial charge on any atom is 0.408 e. The standard InChI is InChI=1S/C13H20N2O4/c1-12(2,3)19-11(18)15-13(4,10(16)17)8-6-7-9-14-5/h6,8H,7,9H2,1-4H3,(H,15,18)(H,16,17)/p-1/b8-6-. The Bertz CT molecular complexity index is 404. The molecule has 1 N–H and O–H groups in total. The van der Waals surface area contributed by atoms with Gasteiger partial charge in [-0.25, -0.2) is 11.4 Å². The summed E-state index contributed by atoms with van der Waals surface area (Å²) in [5.74, 6) is -1.45. The summed E-state index contributed by atoms with van der Waals surface area (Å²) in [7, 11) is 0. The number of carbonyl (C=O) groups is 2. The van der Waals surface area contributed by atoms with Crippen LogP contribution in [0.25, 0.3) is 4.85 Å². The Labute approximate surface area is 113 Å². The molecule has 1 unspecified atom stereocenters. The van der Waals surface area contributed by atoms with Crippen LogP contribution in [0.1, 0.15) is 34.1 Å². The van der Waals surface area contributed by atoms with Gasteiger partial charge in [0.2, 0.25) is 6.54 Å². The number of rotatable bonds is 5. The molecule has 0 aromatic rings. The average Bonchev–Trinajstić information content (AvgIpc) is 2.21. The Morgan fingerprint density at radius 2 is 1.95 bits per heavy atom. The number of nitrogens with zero attached hydrogens (tertiary/aromatic N) is 1. The molecule has 0 saturated heterocycles. The highest BCUT2D eigenvalue weighted by atomic mass is 16.6. The zero-order valence-electron chi connectivity index (χ0n) is 11.6. The van der Waals surface area contributed by atoms with E-state index in [1.807, 2.05) is 0 Å². The predicted molar refractivity (Wildman–Crippen MR) is 68.0 cm³/mol. The quantitative estimate of drug-likeness (QED) is 0.455. The maximum absolute atomic E-state index is 11.6. The van der Waals surface area contributed by atoms with Gasteiger partial charge < -0.3 is 24.8 Å². The second-order valence-corrected chi connectivity index (χ2v) is 5.19. The van der Waals surface area contributed by atoms with Crippen LogP contribution in [0.3, 0.4) is 0 Å². The minimum Gasteiger partial charge on any atom is -0.547 e. The maximum atomic E-state index is 11.6. The van der Waals surface area contributed by atoms with E-state index in [9.17, 15) is 14.7 Å². The highest BCUT2D eigenvalue weighted by molar-refractivity contribution is 5.84. The largest absolute Gasteiger partial charge is 0.547 e. The molecule has 0 saturated carbocycles. The summed E-state index contributed by atoms with van der Waals surface area (Å²) >= 11 is 0. The van der Waals surface area contributed by atoms with E-state index in [0.29, 0.717) is 6.42 Å². The summed E-state index contributed by atoms with van der Waals surface area (Å²) in [6, 6.07) is 0. The van der Waals surface area contributed by atoms with Gasteiger partial charge in [0.1, 0.15) is 5.60 Å². The lowest BCUT2D eigenvalue weighted by Crippen LogP contribution is -2.57. The third-order valence-electron chi connectivity index (χ3n) is 2.04. The van der Waals surface area contributed by atoms with Crippen LogP contribution in [0.5, 0.6) is 0 Å². The van der Waals surface area contributed by atoms with Crippen molar-refractivity contribution in [2.45, 2.75) is 45.3 Å². The van der Waals surface area contributed by atoms with Crippen molar-refractivity contribution in [3.63, 3.8) is 0 Å². The molecule has 0 spiro atoms. The molecule has 0 bridgehead atoms. The minimum absolute atomic E-state index is 0.256. The number of alkyl carbamates (subject to hydrolysis) is 1. The van der Waals surface area contributed by atoms with Crippen LogP contribution in [0.15, 0.2) is 12.2 Å². The SMILES string of the molecule is [C-]#[N+]CC/C=C\C(C)(NC(=O)OC(C)(C)C)C(=O)[O-]. The van der Waals surface area contributed by atoms with E-state index < -0.39 is 23.2 Å². The molecule has 6 nitrogen and oxygen atoms in total. The first-order valence-electron chi connectivity index (χ1n) is 5.84. The number of nitrogens with one attached hydrogen (secondary N) is 1. The van der Waals surface area contributed by atoms with Crippen LogP contribution in [-0.2, 0) is 9.53 Å². The predicted octanol–water partition coefficient (Wildman–Crippen LogP) is 0.885. The van der Waals surface area contributed by atoms with Crippen molar-refractivity contribution in [2.24, 2.45) is 0 Å². The fourth-order valence-corrected chi connectivity index (χ4v) is 1.13. The number of hydrogen-bond donors (Lipinski definition) is 1. The molecule has 0 aliphatic rings. The Morgan fingerprint density at radius 3 is 2.37 bits per heavy atom. The molecule has 0 aliphatic heterocycles. The minimum atomic E-state index is -1.66. The molecule has 0 rings (SSSR count). The molecule has 0 aliphatic carbocycles. The molecule has 1 atom stereocenters. The van der Waals surface area contributed by atoms with Gasteiger partial charge in [-0.05, 0) is 27.7 Å². The van der Waals surface area contributed by atoms with Crippen LogP contribution < -0.4 is 10.4 Å². The van der Waals surface area contributed by atoms with E-state index in [-0.39, 0.29) is 6.54 Å². The lowest BCUT2D eigenvalue weighted by atomic mass is 10.0. The van der Waals surface area contributed by atoms with Crippen LogP contribution in [0, 0.1) is 6.57 Å². The van der Waals surface area contributed by atoms with Crippen molar-refractivity contribution in [2.75, 3.05) is 6.54 Å². The van der Waals surface area contributed by atoms with Gasteiger partial charge in [-0.1, -0.05) is 12.2 Å². The molecular formula is C13H19N2O4-. The summed E-state index contributed by atoms with van der Waals surface area (Å²) in [5, 5.41) is 13.3. The first-order chi connectivity index (χ1) is 8.60. The number of carboxylic acid groups (broad SMARTS) is 1. The summed E-state index contributed by atoms with van der Waals surface area (Å²) in [5.41, 5.74) is -2.38. The Hall–Kier alpha value is -2.03. The lowest BCUT2D eigenvalue weighted by Gasteiger charge is -2.30. The molecule has 106 valence electrons. The first-order valence-corrected chi connectivity index (χ1v) is 5.84. The number of ether oxygens (including phenoxy) is 1. The summed E-state index contributed by atoms with van der Waals surface area (Å²) in [6.07, 6.45) is 2.37. The van der Waals surface area contributed by atoms with Gasteiger partial charge in [-0.2, -0.15) is 0 Å². The Morgan fingerprint density at radius 1 is 1.37 bits per heavy atom. The number of carboxylic acids is 1. The highest BCUT2D eigenvalue weighted by Crippen LogP contribution is 2.11. The van der Waals surface area contributed by atoms with Crippen LogP contribution in [0.4, 0.5) is 4.79 Å². The van der Waals surface area contributed by atoms with Crippen molar-refractivity contribution in [1.29, 1.82) is 0 Å². The lowest BCUT2D eigenvalue weighted by molar-refractivity contribution is -0.311. The van der Waals surface area contributed by atoms with Crippen LogP contribution in [0.2, 0.25) is 0 Å². The van der Waals surface area contributed by atoms with Gasteiger partial charge >= 0.3 is 6.09 Å². The van der Waals surface area contributed by atoms with E-state index >= 15 is 0 Å². The van der Waals surface area contributed by atoms with Gasteiger partial charge in [-0.15, -0.1) is 0 Å². The normalized spacial score (nSPS) is 14.5. The second-order valence-electron chi connectivity index (χ2n) is 5.19. The highest BCUT2D eigenvalue weighted by Gasteiger charge is 2.27. The zero-order valence-corrected chi connectivity index (χ0v) is 11.6. The van der Waals surface area contributed by atoms with E-state index in [4.69, 9.17) is 11.3 Å². The third-order valence-corrected chi connectivity index (χ3v) is 2.04. The van der Waals surface area contributed by atoms with Gasteiger partial charge in [0.05, 0.1) is 11.5 Å². The number of amides is 1. The Balaban J connectivity index is 4.73. The van der Waals surface area contributed by atoms with E-state index in [1.165, 1.54) is 19.1 Å². The third kappa shape index (κ3) is 7.09. The molecule has 0 aromatic heterocycles. The average molecular weight is 267 g/mol. The van der Waals surface area contributed by atoms with Crippen molar-refractivity contribution in [3.05, 3.63) is 23.6 Å². The molecule has 0 heterocycles. The van der Waals surface area contributed by atoms with Gasteiger partial charge in [0.15, 0.2) is 0 Å². The van der Waals surface area contributed by atoms with Crippen molar-refractivity contribution in [1.82, 2.24) is 5.32 Å². The fourth-order valence-electron chi connectivity index (χ4n) is 1.13. The van der Waals surface area contributed by atoms with Crippen molar-refractivity contribution < 1.29 is 19.4 Å². The smallest absolute Gasteiger partial charge is 0.408 e. The summed E-state index contributed by atoms with van der Waals surface area (Å²) < 4.78 is 4.99. The fraction of sp³-hybridized carbons (Fsp3) is 0.615. The monoisotopic (exact) mass is 267 g/mol. The summed E-state index contributed by atoms with van der Waals surface area (Å²) in [4.78, 5) is 25.8. The molecule has 0 radical (unpaired) electrons. The molecule has 0 aromatic carbocycles. The first kappa shape index (κ1) is 17.0. The van der Waals surface area contributed by atoms with E-state index in [2.05, 4.69) is 10.2 Å². The molecule has 1 amide bonds. The zero-order chi connectivity index (χ0) is 15.1. The van der Waals surface area contributed by atoms with Gasteiger partial charge in [0.25, 0.3) is 0 Å². The van der Waals surface area contributed by atoms with Gasteiger partial charge in [0, 0.05) is 6.42 Å². The van der Waals surface area contributed by atoms with E-state index in [0.717, 1.165) is 0 Å². The van der Waals surface area contributed by atoms with Gasteiger partial charge in [-0.3, -0.25) is 0 Å². The molecule has 19 heavy (non-hydrogen) atoms. The van der Waals surface area contributed by atoms with Crippen molar-refractivity contribution in [3.8, 4) is 0 Å². The molecule has 0 fully saturated rings. The number of carbonyl (C=O) groups excluding carboxylic acids is 2. The van der Waals surface area contributed by atoms with Crippen LogP contribution >= 0.6 is 0 Å². The summed E-state index contributed by atoms with van der Waals surface area (Å²) in [6.45, 7) is 13.2. The Kier molecular flexibility index (Phi) is 6.06. The number of hydrogen-bond acceptors (Lipinski definition) is 4. The molecular weight excluding hydrogens is 248 g/mol.